The Hall–Kier alpha value is -0.420. The first-order valence-electron chi connectivity index (χ1n) is 7.96. The monoisotopic (exact) mass is 354 g/mol. The molecule has 0 saturated carbocycles. The molecule has 2 rings (SSSR count). The summed E-state index contributed by atoms with van der Waals surface area (Å²) in [6.07, 6.45) is 2.83. The van der Waals surface area contributed by atoms with E-state index in [1.54, 1.807) is 0 Å². The third-order valence-corrected chi connectivity index (χ3v) is 4.91. The van der Waals surface area contributed by atoms with Crippen molar-refractivity contribution in [1.29, 1.82) is 0 Å². The van der Waals surface area contributed by atoms with Gasteiger partial charge in [0.25, 0.3) is 0 Å². The standard InChI is InChI=1S/C17H27BrN2O/c1-3-16-13-19(2)9-5-10-20(16)11-8-17(21)14-6-4-7-15(18)12-14/h4,6-7,12,16-17,21H,3,5,8-11,13H2,1-2H3. The molecule has 21 heavy (non-hydrogen) atoms. The largest absolute Gasteiger partial charge is 0.388 e. The molecule has 1 aromatic rings. The summed E-state index contributed by atoms with van der Waals surface area (Å²) in [5.41, 5.74) is 1.00. The van der Waals surface area contributed by atoms with Crippen molar-refractivity contribution in [2.24, 2.45) is 0 Å². The molecule has 3 nitrogen and oxygen atoms in total. The molecule has 1 fully saturated rings. The van der Waals surface area contributed by atoms with Gasteiger partial charge in [-0.3, -0.25) is 4.90 Å². The minimum atomic E-state index is -0.374. The zero-order chi connectivity index (χ0) is 15.2. The van der Waals surface area contributed by atoms with Crippen LogP contribution in [0.15, 0.2) is 28.7 Å². The fraction of sp³-hybridized carbons (Fsp3) is 0.647. The van der Waals surface area contributed by atoms with Gasteiger partial charge in [-0.15, -0.1) is 0 Å². The first-order chi connectivity index (χ1) is 10.1. The molecule has 1 aromatic carbocycles. The second-order valence-electron chi connectivity index (χ2n) is 6.07. The van der Waals surface area contributed by atoms with Gasteiger partial charge in [0.15, 0.2) is 0 Å². The number of nitrogens with zero attached hydrogens (tertiary/aromatic N) is 2. The van der Waals surface area contributed by atoms with E-state index in [-0.39, 0.29) is 6.10 Å². The summed E-state index contributed by atoms with van der Waals surface area (Å²) < 4.78 is 1.03. The molecular formula is C17H27BrN2O. The maximum Gasteiger partial charge on any atom is 0.0802 e. The van der Waals surface area contributed by atoms with E-state index in [1.807, 2.05) is 24.3 Å². The number of hydrogen-bond donors (Lipinski definition) is 1. The summed E-state index contributed by atoms with van der Waals surface area (Å²) in [6.45, 7) is 6.71. The molecule has 1 heterocycles. The summed E-state index contributed by atoms with van der Waals surface area (Å²) in [4.78, 5) is 4.99. The molecule has 0 bridgehead atoms. The van der Waals surface area contributed by atoms with Gasteiger partial charge in [0.2, 0.25) is 0 Å². The Morgan fingerprint density at radius 2 is 2.19 bits per heavy atom. The molecular weight excluding hydrogens is 328 g/mol. The molecule has 118 valence electrons. The highest BCUT2D eigenvalue weighted by atomic mass is 79.9. The van der Waals surface area contributed by atoms with Crippen LogP contribution in [0.3, 0.4) is 0 Å². The lowest BCUT2D eigenvalue weighted by Gasteiger charge is -2.30. The van der Waals surface area contributed by atoms with Gasteiger partial charge in [-0.2, -0.15) is 0 Å². The number of hydrogen-bond acceptors (Lipinski definition) is 3. The highest BCUT2D eigenvalue weighted by Gasteiger charge is 2.22. The molecule has 2 unspecified atom stereocenters. The number of benzene rings is 1. The highest BCUT2D eigenvalue weighted by Crippen LogP contribution is 2.22. The van der Waals surface area contributed by atoms with Gasteiger partial charge in [-0.25, -0.2) is 0 Å². The van der Waals surface area contributed by atoms with Gasteiger partial charge in [0.05, 0.1) is 6.10 Å². The average molecular weight is 355 g/mol. The Bertz CT molecular complexity index is 441. The second kappa shape index (κ2) is 8.28. The van der Waals surface area contributed by atoms with Crippen LogP contribution in [0.1, 0.15) is 37.9 Å². The van der Waals surface area contributed by atoms with Crippen LogP contribution >= 0.6 is 15.9 Å². The van der Waals surface area contributed by atoms with Crippen molar-refractivity contribution >= 4 is 15.9 Å². The van der Waals surface area contributed by atoms with Crippen LogP contribution in [0.2, 0.25) is 0 Å². The number of likely N-dealkylation sites (N-methyl/N-ethyl adjacent to an activating group) is 1. The van der Waals surface area contributed by atoms with Crippen LogP contribution < -0.4 is 0 Å². The third-order valence-electron chi connectivity index (χ3n) is 4.42. The number of aliphatic hydroxyl groups is 1. The van der Waals surface area contributed by atoms with Gasteiger partial charge in [0, 0.05) is 23.6 Å². The molecule has 0 amide bonds. The van der Waals surface area contributed by atoms with E-state index in [9.17, 15) is 5.11 Å². The van der Waals surface area contributed by atoms with E-state index in [2.05, 4.69) is 39.7 Å². The quantitative estimate of drug-likeness (QED) is 0.878. The maximum absolute atomic E-state index is 10.4. The summed E-state index contributed by atoms with van der Waals surface area (Å²) in [7, 11) is 2.21. The summed E-state index contributed by atoms with van der Waals surface area (Å²) in [5, 5.41) is 10.4. The second-order valence-corrected chi connectivity index (χ2v) is 6.99. The highest BCUT2D eigenvalue weighted by molar-refractivity contribution is 9.10. The van der Waals surface area contributed by atoms with E-state index in [0.29, 0.717) is 6.04 Å². The first-order valence-corrected chi connectivity index (χ1v) is 8.75. The molecule has 4 heteroatoms. The topological polar surface area (TPSA) is 26.7 Å². The predicted molar refractivity (Wildman–Crippen MR) is 91.5 cm³/mol. The van der Waals surface area contributed by atoms with Crippen molar-refractivity contribution < 1.29 is 5.11 Å². The minimum absolute atomic E-state index is 0.374. The van der Waals surface area contributed by atoms with Crippen LogP contribution in [0.5, 0.6) is 0 Å². The molecule has 0 aromatic heterocycles. The lowest BCUT2D eigenvalue weighted by Crippen LogP contribution is -2.40. The van der Waals surface area contributed by atoms with E-state index in [0.717, 1.165) is 36.1 Å². The normalized spacial score (nSPS) is 23.0. The van der Waals surface area contributed by atoms with Gasteiger partial charge < -0.3 is 10.0 Å². The summed E-state index contributed by atoms with van der Waals surface area (Å²) in [5.74, 6) is 0. The Morgan fingerprint density at radius 1 is 1.38 bits per heavy atom. The zero-order valence-corrected chi connectivity index (χ0v) is 14.7. The van der Waals surface area contributed by atoms with Crippen molar-refractivity contribution in [3.63, 3.8) is 0 Å². The Kier molecular flexibility index (Phi) is 6.68. The van der Waals surface area contributed by atoms with E-state index in [1.165, 1.54) is 19.4 Å². The summed E-state index contributed by atoms with van der Waals surface area (Å²) >= 11 is 3.47. The molecule has 1 aliphatic rings. The van der Waals surface area contributed by atoms with Gasteiger partial charge >= 0.3 is 0 Å². The molecule has 1 aliphatic heterocycles. The molecule has 0 spiro atoms. The number of rotatable bonds is 5. The first kappa shape index (κ1) is 16.9. The SMILES string of the molecule is CCC1CN(C)CCCN1CCC(O)c1cccc(Br)c1. The van der Waals surface area contributed by atoms with Crippen molar-refractivity contribution in [2.75, 3.05) is 33.2 Å². The molecule has 1 saturated heterocycles. The van der Waals surface area contributed by atoms with Gasteiger partial charge in [-0.1, -0.05) is 35.0 Å². The number of aliphatic hydroxyl groups excluding tert-OH is 1. The zero-order valence-electron chi connectivity index (χ0n) is 13.1. The van der Waals surface area contributed by atoms with Crippen LogP contribution in [0.4, 0.5) is 0 Å². The summed E-state index contributed by atoms with van der Waals surface area (Å²) in [6, 6.07) is 8.61. The van der Waals surface area contributed by atoms with Crippen molar-refractivity contribution in [3.8, 4) is 0 Å². The minimum Gasteiger partial charge on any atom is -0.388 e. The molecule has 1 N–H and O–H groups in total. The van der Waals surface area contributed by atoms with Crippen LogP contribution in [0.25, 0.3) is 0 Å². The van der Waals surface area contributed by atoms with Crippen LogP contribution in [-0.4, -0.2) is 54.2 Å². The average Bonchev–Trinajstić information content (AvgIpc) is 2.65. The molecule has 2 atom stereocenters. The molecule has 0 aliphatic carbocycles. The Labute approximate surface area is 137 Å². The Balaban J connectivity index is 1.91. The van der Waals surface area contributed by atoms with Gasteiger partial charge in [0.1, 0.15) is 0 Å². The number of halogens is 1. The van der Waals surface area contributed by atoms with E-state index >= 15 is 0 Å². The lowest BCUT2D eigenvalue weighted by atomic mass is 10.1. The van der Waals surface area contributed by atoms with Gasteiger partial charge in [-0.05, 0) is 57.1 Å². The fourth-order valence-electron chi connectivity index (χ4n) is 3.14. The van der Waals surface area contributed by atoms with Crippen molar-refractivity contribution in [3.05, 3.63) is 34.3 Å². The molecule has 0 radical (unpaired) electrons. The van der Waals surface area contributed by atoms with Crippen molar-refractivity contribution in [2.45, 2.75) is 38.3 Å². The maximum atomic E-state index is 10.4. The smallest absolute Gasteiger partial charge is 0.0802 e. The predicted octanol–water partition coefficient (Wildman–Crippen LogP) is 3.29. The third kappa shape index (κ3) is 5.06. The van der Waals surface area contributed by atoms with Crippen LogP contribution in [0, 0.1) is 0 Å². The van der Waals surface area contributed by atoms with Crippen molar-refractivity contribution in [1.82, 2.24) is 9.80 Å². The Morgan fingerprint density at radius 3 is 2.90 bits per heavy atom. The van der Waals surface area contributed by atoms with E-state index < -0.39 is 0 Å². The van der Waals surface area contributed by atoms with E-state index in [4.69, 9.17) is 0 Å². The lowest BCUT2D eigenvalue weighted by molar-refractivity contribution is 0.121. The van der Waals surface area contributed by atoms with Crippen LogP contribution in [-0.2, 0) is 0 Å². The fourth-order valence-corrected chi connectivity index (χ4v) is 3.56.